The molecule has 0 aliphatic heterocycles. The number of amides is 4. The summed E-state index contributed by atoms with van der Waals surface area (Å²) in [7, 11) is 1.23. The summed E-state index contributed by atoms with van der Waals surface area (Å²) in [5, 5.41) is 8.03. The third kappa shape index (κ3) is 8.07. The van der Waals surface area contributed by atoms with Gasteiger partial charge in [-0.15, -0.1) is 0 Å². The fraction of sp³-hybridized carbons (Fsp3) is 0.545. The van der Waals surface area contributed by atoms with E-state index in [-0.39, 0.29) is 5.92 Å². The zero-order valence-corrected chi connectivity index (χ0v) is 20.3. The van der Waals surface area contributed by atoms with Gasteiger partial charge in [-0.1, -0.05) is 32.0 Å². The van der Waals surface area contributed by atoms with Gasteiger partial charge in [0.05, 0.1) is 7.11 Å². The van der Waals surface area contributed by atoms with Crippen LogP contribution in [-0.2, 0) is 19.1 Å². The van der Waals surface area contributed by atoms with Crippen LogP contribution in [0.15, 0.2) is 30.3 Å². The average molecular weight is 467 g/mol. The number of anilines is 1. The molecule has 1 rings (SSSR count). The highest BCUT2D eigenvalue weighted by molar-refractivity contribution is 7.98. The molecule has 4 amide bonds. The molecule has 0 bridgehead atoms. The van der Waals surface area contributed by atoms with Gasteiger partial charge in [-0.25, -0.2) is 9.59 Å². The van der Waals surface area contributed by atoms with Crippen LogP contribution in [0, 0.1) is 5.92 Å². The number of hydrogen-bond acceptors (Lipinski definition) is 6. The number of carbonyl (C=O) groups excluding carboxylic acids is 4. The van der Waals surface area contributed by atoms with Crippen LogP contribution in [0.1, 0.15) is 27.7 Å². The van der Waals surface area contributed by atoms with E-state index in [4.69, 9.17) is 0 Å². The lowest BCUT2D eigenvalue weighted by Crippen LogP contribution is -2.58. The quantitative estimate of drug-likeness (QED) is 0.428. The van der Waals surface area contributed by atoms with E-state index in [1.165, 1.54) is 30.7 Å². The summed E-state index contributed by atoms with van der Waals surface area (Å²) in [6.07, 6.45) is 1.80. The first-order valence-electron chi connectivity index (χ1n) is 10.5. The van der Waals surface area contributed by atoms with Crippen molar-refractivity contribution in [1.82, 2.24) is 16.0 Å². The van der Waals surface area contributed by atoms with Gasteiger partial charge < -0.3 is 20.7 Å². The zero-order valence-electron chi connectivity index (χ0n) is 19.5. The molecule has 0 aromatic heterocycles. The van der Waals surface area contributed by atoms with Gasteiger partial charge in [-0.3, -0.25) is 14.5 Å². The maximum Gasteiger partial charge on any atom is 0.328 e. The third-order valence-electron chi connectivity index (χ3n) is 4.74. The van der Waals surface area contributed by atoms with Crippen LogP contribution in [-0.4, -0.2) is 67.6 Å². The van der Waals surface area contributed by atoms with Crippen LogP contribution in [0.25, 0.3) is 0 Å². The maximum atomic E-state index is 13.0. The topological polar surface area (TPSA) is 117 Å². The van der Waals surface area contributed by atoms with Crippen LogP contribution < -0.4 is 20.9 Å². The number of nitrogens with zero attached hydrogens (tertiary/aromatic N) is 1. The summed E-state index contributed by atoms with van der Waals surface area (Å²) in [5.74, 6) is -1.48. The molecule has 178 valence electrons. The van der Waals surface area contributed by atoms with Crippen molar-refractivity contribution in [3.05, 3.63) is 30.3 Å². The third-order valence-corrected chi connectivity index (χ3v) is 5.40. The molecule has 0 aliphatic carbocycles. The standard InChI is InChI=1S/C22H34N4O5S/c1-7-26(16-11-9-8-10-12-16)22(30)25-18(14(2)3)20(28)24-17(13-32-6)19(27)23-15(4)21(29)31-5/h8-12,14-15,17-18H,7,13H2,1-6H3,(H,23,27)(H,24,28)(H,25,30)/t15-,17-,18-/m0/s1. The number of thioether (sulfide) groups is 1. The number of hydrogen-bond donors (Lipinski definition) is 3. The Labute approximate surface area is 194 Å². The van der Waals surface area contributed by atoms with E-state index < -0.39 is 41.9 Å². The first kappa shape index (κ1) is 27.3. The summed E-state index contributed by atoms with van der Waals surface area (Å²) in [6.45, 7) is 7.39. The number of urea groups is 1. The number of para-hydroxylation sites is 1. The number of nitrogens with one attached hydrogen (secondary N) is 3. The Morgan fingerprint density at radius 2 is 1.62 bits per heavy atom. The lowest BCUT2D eigenvalue weighted by atomic mass is 10.0. The van der Waals surface area contributed by atoms with Crippen molar-refractivity contribution in [3.8, 4) is 0 Å². The van der Waals surface area contributed by atoms with Crippen molar-refractivity contribution in [2.45, 2.75) is 45.8 Å². The lowest BCUT2D eigenvalue weighted by Gasteiger charge is -2.28. The van der Waals surface area contributed by atoms with E-state index in [1.54, 1.807) is 6.26 Å². The van der Waals surface area contributed by atoms with Crippen molar-refractivity contribution in [2.24, 2.45) is 5.92 Å². The van der Waals surface area contributed by atoms with E-state index in [9.17, 15) is 19.2 Å². The van der Waals surface area contributed by atoms with Crippen LogP contribution in [0.3, 0.4) is 0 Å². The van der Waals surface area contributed by atoms with Crippen molar-refractivity contribution >= 4 is 41.3 Å². The van der Waals surface area contributed by atoms with Crippen molar-refractivity contribution in [3.63, 3.8) is 0 Å². The largest absolute Gasteiger partial charge is 0.467 e. The molecule has 3 N–H and O–H groups in total. The van der Waals surface area contributed by atoms with Crippen LogP contribution in [0.2, 0.25) is 0 Å². The second-order valence-electron chi connectivity index (χ2n) is 7.52. The highest BCUT2D eigenvalue weighted by Crippen LogP contribution is 2.14. The van der Waals surface area contributed by atoms with Gasteiger partial charge in [0, 0.05) is 18.0 Å². The molecule has 9 nitrogen and oxygen atoms in total. The molecule has 32 heavy (non-hydrogen) atoms. The fourth-order valence-corrected chi connectivity index (χ4v) is 3.53. The molecule has 1 aromatic rings. The van der Waals surface area contributed by atoms with Gasteiger partial charge in [0.25, 0.3) is 0 Å². The second kappa shape index (κ2) is 13.6. The normalized spacial score (nSPS) is 13.5. The lowest BCUT2D eigenvalue weighted by molar-refractivity contribution is -0.144. The molecular formula is C22H34N4O5S. The predicted octanol–water partition coefficient (Wildman–Crippen LogP) is 1.77. The Morgan fingerprint density at radius 1 is 1.00 bits per heavy atom. The molecule has 0 fully saturated rings. The van der Waals surface area contributed by atoms with E-state index in [0.29, 0.717) is 18.0 Å². The van der Waals surface area contributed by atoms with E-state index in [2.05, 4.69) is 20.7 Å². The maximum absolute atomic E-state index is 13.0. The molecule has 0 saturated carbocycles. The van der Waals surface area contributed by atoms with Gasteiger partial charge >= 0.3 is 12.0 Å². The molecule has 0 radical (unpaired) electrons. The second-order valence-corrected chi connectivity index (χ2v) is 8.43. The number of methoxy groups -OCH3 is 1. The van der Waals surface area contributed by atoms with Gasteiger partial charge in [0.1, 0.15) is 18.1 Å². The number of rotatable bonds is 11. The first-order valence-corrected chi connectivity index (χ1v) is 11.9. The Balaban J connectivity index is 2.91. The number of esters is 1. The fourth-order valence-electron chi connectivity index (χ4n) is 2.96. The summed E-state index contributed by atoms with van der Waals surface area (Å²) >= 11 is 1.37. The number of ether oxygens (including phenoxy) is 1. The number of carbonyl (C=O) groups is 4. The molecular weight excluding hydrogens is 432 g/mol. The van der Waals surface area contributed by atoms with Gasteiger partial charge in [-0.2, -0.15) is 11.8 Å². The molecule has 0 unspecified atom stereocenters. The van der Waals surface area contributed by atoms with Crippen molar-refractivity contribution < 1.29 is 23.9 Å². The highest BCUT2D eigenvalue weighted by atomic mass is 32.2. The number of benzene rings is 1. The first-order chi connectivity index (χ1) is 15.2. The Morgan fingerprint density at radius 3 is 2.12 bits per heavy atom. The summed E-state index contributed by atoms with van der Waals surface area (Å²) in [4.78, 5) is 51.6. The van der Waals surface area contributed by atoms with E-state index >= 15 is 0 Å². The minimum atomic E-state index is -0.876. The minimum Gasteiger partial charge on any atom is -0.467 e. The molecule has 0 aliphatic rings. The smallest absolute Gasteiger partial charge is 0.328 e. The molecule has 1 aromatic carbocycles. The van der Waals surface area contributed by atoms with Crippen LogP contribution in [0.4, 0.5) is 10.5 Å². The monoisotopic (exact) mass is 466 g/mol. The SMILES string of the molecule is CCN(C(=O)N[C@H](C(=O)N[C@@H](CSC)C(=O)N[C@@H](C)C(=O)OC)C(C)C)c1ccccc1. The van der Waals surface area contributed by atoms with Gasteiger partial charge in [-0.05, 0) is 38.2 Å². The zero-order chi connectivity index (χ0) is 24.3. The van der Waals surface area contributed by atoms with E-state index in [1.807, 2.05) is 51.1 Å². The molecule has 3 atom stereocenters. The van der Waals surface area contributed by atoms with E-state index in [0.717, 1.165) is 0 Å². The van der Waals surface area contributed by atoms with Crippen molar-refractivity contribution in [1.29, 1.82) is 0 Å². The Bertz CT molecular complexity index is 775. The average Bonchev–Trinajstić information content (AvgIpc) is 2.77. The van der Waals surface area contributed by atoms with Crippen LogP contribution in [0.5, 0.6) is 0 Å². The predicted molar refractivity (Wildman–Crippen MR) is 127 cm³/mol. The molecule has 10 heteroatoms. The molecule has 0 saturated heterocycles. The van der Waals surface area contributed by atoms with Gasteiger partial charge in [0.2, 0.25) is 11.8 Å². The molecule has 0 heterocycles. The Kier molecular flexibility index (Phi) is 11.6. The molecule has 0 spiro atoms. The highest BCUT2D eigenvalue weighted by Gasteiger charge is 2.31. The minimum absolute atomic E-state index is 0.222. The van der Waals surface area contributed by atoms with Crippen molar-refractivity contribution in [2.75, 3.05) is 30.6 Å². The summed E-state index contributed by atoms with van der Waals surface area (Å²) in [6, 6.07) is 6.17. The summed E-state index contributed by atoms with van der Waals surface area (Å²) < 4.78 is 4.62. The van der Waals surface area contributed by atoms with Crippen LogP contribution >= 0.6 is 11.8 Å². The summed E-state index contributed by atoms with van der Waals surface area (Å²) in [5.41, 5.74) is 0.715. The Hall–Kier alpha value is -2.75. The van der Waals surface area contributed by atoms with Gasteiger partial charge in [0.15, 0.2) is 0 Å².